The molecule has 0 aliphatic heterocycles. The number of carbonyl (C=O) groups is 2. The van der Waals surface area contributed by atoms with E-state index >= 15 is 0 Å². The minimum Gasteiger partial charge on any atom is -0.323 e. The number of anilines is 1. The van der Waals surface area contributed by atoms with Crippen LogP contribution in [-0.2, 0) is 4.79 Å². The minimum absolute atomic E-state index is 0.0927. The number of carbonyl (C=O) groups excluding carboxylic acids is 2. The van der Waals surface area contributed by atoms with Crippen molar-refractivity contribution in [1.82, 2.24) is 4.98 Å². The lowest BCUT2D eigenvalue weighted by atomic mass is 10.1. The summed E-state index contributed by atoms with van der Waals surface area (Å²) in [5.74, 6) is -0.568. The topological polar surface area (TPSA) is 59.1 Å². The van der Waals surface area contributed by atoms with Crippen molar-refractivity contribution >= 4 is 50.5 Å². The van der Waals surface area contributed by atoms with Crippen molar-refractivity contribution < 1.29 is 9.59 Å². The number of thiophene rings is 1. The summed E-state index contributed by atoms with van der Waals surface area (Å²) in [5.41, 5.74) is 2.40. The van der Waals surface area contributed by atoms with Crippen LogP contribution in [0.4, 0.5) is 5.69 Å². The van der Waals surface area contributed by atoms with Crippen molar-refractivity contribution in [2.45, 2.75) is 20.8 Å². The first-order chi connectivity index (χ1) is 8.93. The van der Waals surface area contributed by atoms with Crippen molar-refractivity contribution in [2.75, 3.05) is 11.2 Å². The zero-order chi connectivity index (χ0) is 14.2. The van der Waals surface area contributed by atoms with Gasteiger partial charge in [-0.25, -0.2) is 4.98 Å². The van der Waals surface area contributed by atoms with Gasteiger partial charge in [-0.3, -0.25) is 9.59 Å². The highest BCUT2D eigenvalue weighted by Gasteiger charge is 2.19. The van der Waals surface area contributed by atoms with E-state index in [4.69, 9.17) is 11.6 Å². The van der Waals surface area contributed by atoms with Crippen LogP contribution in [0.1, 0.15) is 27.9 Å². The Bertz CT molecular complexity index is 679. The number of nitrogens with zero attached hydrogens (tertiary/aromatic N) is 1. The molecule has 0 aliphatic carbocycles. The lowest BCUT2D eigenvalue weighted by Crippen LogP contribution is -2.14. The van der Waals surface area contributed by atoms with E-state index in [2.05, 4.69) is 10.3 Å². The van der Waals surface area contributed by atoms with Crippen molar-refractivity contribution in [2.24, 2.45) is 0 Å². The van der Waals surface area contributed by atoms with Gasteiger partial charge in [-0.05, 0) is 25.5 Å². The first-order valence-electron chi connectivity index (χ1n) is 5.71. The smallest absolute Gasteiger partial charge is 0.239 e. The van der Waals surface area contributed by atoms with Crippen LogP contribution >= 0.6 is 22.9 Å². The molecule has 0 fully saturated rings. The third-order valence-corrected chi connectivity index (χ3v) is 4.12. The first kappa shape index (κ1) is 14.0. The zero-order valence-corrected chi connectivity index (χ0v) is 12.4. The van der Waals surface area contributed by atoms with E-state index in [1.807, 2.05) is 19.9 Å². The predicted molar refractivity (Wildman–Crippen MR) is 78.4 cm³/mol. The fourth-order valence-electron chi connectivity index (χ4n) is 1.98. The number of nitrogens with one attached hydrogen (secondary N) is 1. The molecule has 0 bridgehead atoms. The molecule has 6 heteroatoms. The normalized spacial score (nSPS) is 10.7. The van der Waals surface area contributed by atoms with E-state index < -0.39 is 0 Å². The molecule has 0 saturated carbocycles. The fraction of sp³-hybridized carbons (Fsp3) is 0.308. The van der Waals surface area contributed by atoms with Gasteiger partial charge in [0.15, 0.2) is 5.78 Å². The van der Waals surface area contributed by atoms with Gasteiger partial charge in [-0.15, -0.1) is 22.9 Å². The van der Waals surface area contributed by atoms with Gasteiger partial charge < -0.3 is 5.32 Å². The molecule has 1 N–H and O–H groups in total. The Morgan fingerprint density at radius 1 is 1.42 bits per heavy atom. The number of aromatic nitrogens is 1. The number of hydrogen-bond donors (Lipinski definition) is 1. The van der Waals surface area contributed by atoms with E-state index in [-0.39, 0.29) is 17.6 Å². The molecule has 1 amide bonds. The van der Waals surface area contributed by atoms with Crippen LogP contribution in [0, 0.1) is 13.8 Å². The highest BCUT2D eigenvalue weighted by molar-refractivity contribution is 7.21. The molecule has 19 heavy (non-hydrogen) atoms. The molecule has 0 spiro atoms. The zero-order valence-electron chi connectivity index (χ0n) is 10.8. The quantitative estimate of drug-likeness (QED) is 0.698. The maximum absolute atomic E-state index is 11.7. The Hall–Kier alpha value is -1.46. The molecule has 0 atom stereocenters. The van der Waals surface area contributed by atoms with E-state index in [0.29, 0.717) is 10.6 Å². The van der Waals surface area contributed by atoms with Gasteiger partial charge in [-0.2, -0.15) is 0 Å². The Balaban J connectivity index is 2.72. The van der Waals surface area contributed by atoms with Crippen LogP contribution in [-0.4, -0.2) is 22.6 Å². The van der Waals surface area contributed by atoms with Gasteiger partial charge in [0.25, 0.3) is 0 Å². The average molecular weight is 297 g/mol. The summed E-state index contributed by atoms with van der Waals surface area (Å²) in [6.07, 6.45) is 0. The van der Waals surface area contributed by atoms with Crippen LogP contribution < -0.4 is 5.32 Å². The molecule has 100 valence electrons. The number of rotatable bonds is 3. The van der Waals surface area contributed by atoms with Crippen LogP contribution in [0.15, 0.2) is 6.07 Å². The Morgan fingerprint density at radius 2 is 2.11 bits per heavy atom. The molecule has 2 aromatic heterocycles. The summed E-state index contributed by atoms with van der Waals surface area (Å²) in [5, 5.41) is 3.52. The number of amides is 1. The molecule has 2 heterocycles. The molecule has 0 aliphatic rings. The molecule has 2 aromatic rings. The molecule has 4 nitrogen and oxygen atoms in total. The summed E-state index contributed by atoms with van der Waals surface area (Å²) in [6, 6.07) is 1.93. The van der Waals surface area contributed by atoms with Crippen molar-refractivity contribution in [3.8, 4) is 0 Å². The van der Waals surface area contributed by atoms with Crippen LogP contribution in [0.5, 0.6) is 0 Å². The largest absolute Gasteiger partial charge is 0.323 e. The summed E-state index contributed by atoms with van der Waals surface area (Å²) in [4.78, 5) is 28.9. The van der Waals surface area contributed by atoms with Gasteiger partial charge in [0.05, 0.1) is 10.6 Å². The van der Waals surface area contributed by atoms with Gasteiger partial charge in [0, 0.05) is 18.0 Å². The van der Waals surface area contributed by atoms with Gasteiger partial charge in [0.2, 0.25) is 5.91 Å². The van der Waals surface area contributed by atoms with Crippen molar-refractivity contribution in [3.63, 3.8) is 0 Å². The molecule has 0 radical (unpaired) electrons. The maximum Gasteiger partial charge on any atom is 0.239 e. The van der Waals surface area contributed by atoms with E-state index in [1.54, 1.807) is 0 Å². The first-order valence-corrected chi connectivity index (χ1v) is 7.06. The number of fused-ring (bicyclic) bond motifs is 1. The summed E-state index contributed by atoms with van der Waals surface area (Å²) >= 11 is 6.80. The van der Waals surface area contributed by atoms with E-state index in [0.717, 1.165) is 21.5 Å². The van der Waals surface area contributed by atoms with Crippen LogP contribution in [0.3, 0.4) is 0 Å². The standard InChI is InChI=1S/C13H13ClN2O2S/c1-6-4-7(2)15-13-10(6)11(16-9(18)5-14)12(19-13)8(3)17/h4H,5H2,1-3H3,(H,16,18). The number of hydrogen-bond acceptors (Lipinski definition) is 4. The lowest BCUT2D eigenvalue weighted by molar-refractivity contribution is -0.113. The predicted octanol–water partition coefficient (Wildman–Crippen LogP) is 3.29. The van der Waals surface area contributed by atoms with Gasteiger partial charge >= 0.3 is 0 Å². The molecule has 2 rings (SSSR count). The monoisotopic (exact) mass is 296 g/mol. The third-order valence-electron chi connectivity index (χ3n) is 2.69. The maximum atomic E-state index is 11.7. The number of halogens is 1. The van der Waals surface area contributed by atoms with E-state index in [9.17, 15) is 9.59 Å². The van der Waals surface area contributed by atoms with Crippen molar-refractivity contribution in [3.05, 3.63) is 22.2 Å². The lowest BCUT2D eigenvalue weighted by Gasteiger charge is -2.06. The molecular formula is C13H13ClN2O2S. The molecular weight excluding hydrogens is 284 g/mol. The Morgan fingerprint density at radius 3 is 2.68 bits per heavy atom. The second-order valence-electron chi connectivity index (χ2n) is 4.30. The van der Waals surface area contributed by atoms with Gasteiger partial charge in [-0.1, -0.05) is 0 Å². The summed E-state index contributed by atoms with van der Waals surface area (Å²) < 4.78 is 0. The Labute approximate surface area is 119 Å². The SMILES string of the molecule is CC(=O)c1sc2nc(C)cc(C)c2c1NC(=O)CCl. The highest BCUT2D eigenvalue weighted by atomic mass is 35.5. The number of Topliss-reactive ketones (excluding diaryl/α,β-unsaturated/α-hetero) is 1. The van der Waals surface area contributed by atoms with Crippen LogP contribution in [0.2, 0.25) is 0 Å². The molecule has 0 unspecified atom stereocenters. The molecule has 0 saturated heterocycles. The summed E-state index contributed by atoms with van der Waals surface area (Å²) in [7, 11) is 0. The van der Waals surface area contributed by atoms with Crippen LogP contribution in [0.25, 0.3) is 10.2 Å². The second-order valence-corrected chi connectivity index (χ2v) is 5.57. The minimum atomic E-state index is -0.330. The number of pyridine rings is 1. The fourth-order valence-corrected chi connectivity index (χ4v) is 3.20. The summed E-state index contributed by atoms with van der Waals surface area (Å²) in [6.45, 7) is 5.31. The second kappa shape index (κ2) is 5.27. The number of aryl methyl sites for hydroxylation is 2. The highest BCUT2D eigenvalue weighted by Crippen LogP contribution is 2.37. The third kappa shape index (κ3) is 2.62. The number of ketones is 1. The van der Waals surface area contributed by atoms with E-state index in [1.165, 1.54) is 18.3 Å². The average Bonchev–Trinajstić information content (AvgIpc) is 2.67. The van der Waals surface area contributed by atoms with Gasteiger partial charge in [0.1, 0.15) is 10.7 Å². The van der Waals surface area contributed by atoms with Crippen molar-refractivity contribution in [1.29, 1.82) is 0 Å². The number of alkyl halides is 1. The Kier molecular flexibility index (Phi) is 3.87. The molecule has 0 aromatic carbocycles.